The van der Waals surface area contributed by atoms with Gasteiger partial charge in [-0.05, 0) is 179 Å². The SMILES string of the molecule is CC.CC.CC.CC.CC.CC.CC.CC#Cc1ccc(C#CC)c2c1OC(C)O2.CC#Cc1ccc(C#CC)c2nsnc12.CC#Cc1ccc(C#CC)c2oc(C)nc12.CC#Cc1ccc(C)c2c1OC(C)O2.CC#Cc1ccc(C)c2c1OC(C)O2.CC#Cc1ccc(C)c2oc(C)nc12.Cc1ccc(C)c2nsnc12. The number of hydrogen-bond donors (Lipinski definition) is 0. The summed E-state index contributed by atoms with van der Waals surface area (Å²) in [4.78, 5) is 8.66. The Labute approximate surface area is 691 Å². The van der Waals surface area contributed by atoms with Crippen molar-refractivity contribution in [3.8, 4) is 141 Å². The van der Waals surface area contributed by atoms with E-state index in [2.05, 4.69) is 160 Å². The van der Waals surface area contributed by atoms with Crippen LogP contribution in [-0.4, -0.2) is 46.3 Å². The summed E-state index contributed by atoms with van der Waals surface area (Å²) in [5, 5.41) is 0. The van der Waals surface area contributed by atoms with Gasteiger partial charge in [-0.3, -0.25) is 0 Å². The van der Waals surface area contributed by atoms with Crippen LogP contribution in [0.5, 0.6) is 34.5 Å². The Kier molecular flexibility index (Phi) is 48.6. The summed E-state index contributed by atoms with van der Waals surface area (Å²) in [7, 11) is 0. The van der Waals surface area contributed by atoms with Crippen LogP contribution in [0.4, 0.5) is 0 Å². The van der Waals surface area contributed by atoms with Crippen molar-refractivity contribution in [3.63, 3.8) is 0 Å². The summed E-state index contributed by atoms with van der Waals surface area (Å²) < 4.78 is 61.3. The van der Waals surface area contributed by atoms with Gasteiger partial charge in [-0.15, -0.1) is 53.3 Å². The van der Waals surface area contributed by atoms with E-state index in [1.54, 1.807) is 27.7 Å². The average Bonchev–Trinajstić information content (AvgIpc) is 1.65. The normalized spacial score (nSPS) is 11.1. The number of aromatic nitrogens is 6. The van der Waals surface area contributed by atoms with Crippen molar-refractivity contribution in [1.82, 2.24) is 27.5 Å². The fourth-order valence-electron chi connectivity index (χ4n) is 10.2. The van der Waals surface area contributed by atoms with E-state index < -0.39 is 0 Å². The van der Waals surface area contributed by atoms with Gasteiger partial charge in [0.1, 0.15) is 33.1 Å². The molecular formula is C98H116N6O8S2. The minimum Gasteiger partial charge on any atom is -0.451 e. The Balaban J connectivity index is 0.000000648. The lowest BCUT2D eigenvalue weighted by Gasteiger charge is -2.01. The summed E-state index contributed by atoms with van der Waals surface area (Å²) in [5.41, 5.74) is 20.8. The molecule has 2 unspecified atom stereocenters. The van der Waals surface area contributed by atoms with Crippen molar-refractivity contribution in [3.05, 3.63) is 175 Å². The van der Waals surface area contributed by atoms with Gasteiger partial charge in [0.15, 0.2) is 57.4 Å². The molecule has 0 spiro atoms. The van der Waals surface area contributed by atoms with Gasteiger partial charge in [0.2, 0.25) is 18.9 Å². The van der Waals surface area contributed by atoms with E-state index in [1.165, 1.54) is 34.6 Å². The molecule has 0 bridgehead atoms. The summed E-state index contributed by atoms with van der Waals surface area (Å²) in [5.74, 6) is 58.8. The second kappa shape index (κ2) is 55.4. The number of benzene rings is 7. The third-order valence-electron chi connectivity index (χ3n) is 14.5. The zero-order chi connectivity index (χ0) is 86.0. The lowest BCUT2D eigenvalue weighted by atomic mass is 10.1. The van der Waals surface area contributed by atoms with Crippen LogP contribution >= 0.6 is 23.5 Å². The minimum atomic E-state index is -0.271. The molecule has 11 aromatic rings. The van der Waals surface area contributed by atoms with Crippen LogP contribution in [0.2, 0.25) is 0 Å². The van der Waals surface area contributed by atoms with Gasteiger partial charge in [0.05, 0.1) is 73.5 Å². The van der Waals surface area contributed by atoms with Gasteiger partial charge < -0.3 is 37.3 Å². The second-order valence-electron chi connectivity index (χ2n) is 22.0. The molecule has 2 atom stereocenters. The zero-order valence-electron chi connectivity index (χ0n) is 73.6. The molecule has 0 fully saturated rings. The van der Waals surface area contributed by atoms with Gasteiger partial charge in [0, 0.05) is 34.6 Å². The molecule has 0 saturated heterocycles. The van der Waals surface area contributed by atoms with E-state index in [1.807, 2.05) is 260 Å². The molecule has 0 radical (unpaired) electrons. The Morgan fingerprint density at radius 2 is 0.447 bits per heavy atom. The Bertz CT molecular complexity index is 5230. The largest absolute Gasteiger partial charge is 0.451 e. The molecule has 598 valence electrons. The van der Waals surface area contributed by atoms with Gasteiger partial charge in [-0.25, -0.2) is 9.97 Å². The fraction of sp³-hybridized carbons (Fsp3) is 0.367. The number of rotatable bonds is 0. The molecule has 0 aliphatic carbocycles. The highest BCUT2D eigenvalue weighted by atomic mass is 32.1. The van der Waals surface area contributed by atoms with Crippen LogP contribution < -0.4 is 28.4 Å². The van der Waals surface area contributed by atoms with Crippen molar-refractivity contribution in [2.75, 3.05) is 0 Å². The first-order chi connectivity index (χ1) is 55.3. The van der Waals surface area contributed by atoms with Crippen molar-refractivity contribution in [1.29, 1.82) is 0 Å². The molecule has 7 heterocycles. The Morgan fingerprint density at radius 3 is 0.772 bits per heavy atom. The second-order valence-corrected chi connectivity index (χ2v) is 23.0. The van der Waals surface area contributed by atoms with Gasteiger partial charge in [-0.2, -0.15) is 17.5 Å². The molecule has 4 aromatic heterocycles. The first kappa shape index (κ1) is 100.0. The number of oxazole rings is 2. The van der Waals surface area contributed by atoms with E-state index in [9.17, 15) is 0 Å². The third kappa shape index (κ3) is 28.3. The predicted octanol–water partition coefficient (Wildman–Crippen LogP) is 25.1. The van der Waals surface area contributed by atoms with Crippen LogP contribution in [0, 0.1) is 155 Å². The molecule has 3 aliphatic rings. The lowest BCUT2D eigenvalue weighted by Crippen LogP contribution is -2.11. The first-order valence-electron chi connectivity index (χ1n) is 38.8. The molecule has 0 amide bonds. The molecule has 3 aliphatic heterocycles. The highest BCUT2D eigenvalue weighted by molar-refractivity contribution is 7.00. The van der Waals surface area contributed by atoms with E-state index >= 15 is 0 Å². The van der Waals surface area contributed by atoms with Crippen LogP contribution in [0.15, 0.2) is 93.8 Å². The van der Waals surface area contributed by atoms with E-state index in [4.69, 9.17) is 37.3 Å². The molecule has 7 aromatic carbocycles. The van der Waals surface area contributed by atoms with Gasteiger partial charge >= 0.3 is 0 Å². The molecule has 14 rings (SSSR count). The van der Waals surface area contributed by atoms with Crippen LogP contribution in [0.1, 0.15) is 270 Å². The molecule has 16 heteroatoms. The fourth-order valence-corrected chi connectivity index (χ4v) is 11.4. The summed E-state index contributed by atoms with van der Waals surface area (Å²) in [6, 6.07) is 27.6. The maximum Gasteiger partial charge on any atom is 0.238 e. The van der Waals surface area contributed by atoms with Crippen LogP contribution in [0.25, 0.3) is 44.3 Å². The maximum atomic E-state index is 5.58. The predicted molar refractivity (Wildman–Crippen MR) is 480 cm³/mol. The number of fused-ring (bicyclic) bond motifs is 7. The highest BCUT2D eigenvalue weighted by Crippen LogP contribution is 2.43. The number of ether oxygens (including phenoxy) is 6. The Hall–Kier alpha value is -12.0. The molecule has 114 heavy (non-hydrogen) atoms. The summed E-state index contributed by atoms with van der Waals surface area (Å²) in [6.45, 7) is 63.7. The average molecular weight is 1570 g/mol. The standard InChI is InChI=1S/C14H11NO.C14H12O2.C12H8N2S.C12H11NO.2C12H12O2.C8H8N2S.7C2H6/c2*1-4-6-11-8-9-12(7-5-2)14-13(11)15-10(3)16-14;1-3-5-9-7-8-10(6-4-2)12-11(9)13-15-14-12;1-4-5-10-7-6-8(2)12-11(10)13-9(3)14-12;2*1-4-5-10-7-6-8(2)11-12(10)14-9(3)13-11;1-5-3-4-6(2)8-7(5)9-11-10-8;7*1-2/h8-9H,1-3H3;8-10H,1-3H3;7-8H,1-2H3;6-7H,1-3H3;2*6-7,9H,1-3H3;3-4H,1-2H3;7*1-2H3. The quantitative estimate of drug-likeness (QED) is 0.132. The first-order valence-corrected chi connectivity index (χ1v) is 40.3. The van der Waals surface area contributed by atoms with E-state index in [0.717, 1.165) is 134 Å². The smallest absolute Gasteiger partial charge is 0.238 e. The number of hydrogen-bond acceptors (Lipinski definition) is 16. The van der Waals surface area contributed by atoms with Crippen molar-refractivity contribution in [2.24, 2.45) is 0 Å². The molecule has 14 nitrogen and oxygen atoms in total. The molecule has 0 saturated carbocycles. The maximum absolute atomic E-state index is 5.58. The summed E-state index contributed by atoms with van der Waals surface area (Å²) >= 11 is 2.48. The highest BCUT2D eigenvalue weighted by Gasteiger charge is 2.27. The molecular weight excluding hydrogens is 1450 g/mol. The minimum absolute atomic E-state index is 0.205. The number of nitrogens with zero attached hydrogens (tertiary/aromatic N) is 6. The number of aryl methyl sites for hydroxylation is 7. The lowest BCUT2D eigenvalue weighted by molar-refractivity contribution is 0.0670. The summed E-state index contributed by atoms with van der Waals surface area (Å²) in [6.07, 6.45) is -0.681. The van der Waals surface area contributed by atoms with Crippen molar-refractivity contribution < 1.29 is 37.3 Å². The van der Waals surface area contributed by atoms with Crippen molar-refractivity contribution >= 4 is 67.7 Å². The molecule has 0 N–H and O–H groups in total. The third-order valence-corrected chi connectivity index (χ3v) is 15.6. The van der Waals surface area contributed by atoms with Gasteiger partial charge in [-0.1, -0.05) is 181 Å². The monoisotopic (exact) mass is 1570 g/mol. The van der Waals surface area contributed by atoms with E-state index in [0.29, 0.717) is 23.3 Å². The van der Waals surface area contributed by atoms with Gasteiger partial charge in [0.25, 0.3) is 0 Å². The van der Waals surface area contributed by atoms with Crippen LogP contribution in [-0.2, 0) is 0 Å². The van der Waals surface area contributed by atoms with Crippen molar-refractivity contribution in [2.45, 2.75) is 247 Å². The van der Waals surface area contributed by atoms with E-state index in [-0.39, 0.29) is 18.9 Å². The Morgan fingerprint density at radius 1 is 0.237 bits per heavy atom. The van der Waals surface area contributed by atoms with Crippen LogP contribution in [0.3, 0.4) is 0 Å². The topological polar surface area (TPSA) is 159 Å². The zero-order valence-corrected chi connectivity index (χ0v) is 75.2.